The molecule has 0 aliphatic carbocycles. The first-order valence-corrected chi connectivity index (χ1v) is 7.33. The van der Waals surface area contributed by atoms with E-state index >= 15 is 0 Å². The maximum atomic E-state index is 11.2. The molecule has 0 bridgehead atoms. The van der Waals surface area contributed by atoms with Crippen LogP contribution in [0.25, 0.3) is 0 Å². The van der Waals surface area contributed by atoms with Gasteiger partial charge in [0, 0.05) is 19.6 Å². The molecule has 110 valence electrons. The number of nitrogens with zero attached hydrogens (tertiary/aromatic N) is 2. The number of likely N-dealkylation sites (tertiary alicyclic amines) is 1. The second-order valence-corrected chi connectivity index (χ2v) is 6.05. The van der Waals surface area contributed by atoms with Crippen molar-refractivity contribution in [2.45, 2.75) is 32.8 Å². The van der Waals surface area contributed by atoms with Gasteiger partial charge in [-0.05, 0) is 39.4 Å². The van der Waals surface area contributed by atoms with Crippen molar-refractivity contribution in [3.05, 3.63) is 0 Å². The molecule has 2 rings (SSSR count). The highest BCUT2D eigenvalue weighted by atomic mass is 16.5. The van der Waals surface area contributed by atoms with Gasteiger partial charge in [-0.15, -0.1) is 0 Å². The Bertz CT molecular complexity index is 314. The summed E-state index contributed by atoms with van der Waals surface area (Å²) >= 11 is 0. The Morgan fingerprint density at radius 1 is 1.32 bits per heavy atom. The van der Waals surface area contributed by atoms with Crippen LogP contribution in [-0.2, 0) is 9.53 Å². The van der Waals surface area contributed by atoms with Crippen molar-refractivity contribution in [3.63, 3.8) is 0 Å². The molecule has 0 saturated carbocycles. The molecular formula is C14H26N2O3. The van der Waals surface area contributed by atoms with E-state index in [1.54, 1.807) is 0 Å². The van der Waals surface area contributed by atoms with E-state index < -0.39 is 11.4 Å². The minimum absolute atomic E-state index is 0.280. The van der Waals surface area contributed by atoms with E-state index in [4.69, 9.17) is 4.74 Å². The van der Waals surface area contributed by atoms with Gasteiger partial charge in [0.15, 0.2) is 0 Å². The quantitative estimate of drug-likeness (QED) is 0.822. The lowest BCUT2D eigenvalue weighted by atomic mass is 9.80. The van der Waals surface area contributed by atoms with Crippen molar-refractivity contribution in [1.29, 1.82) is 0 Å². The molecule has 0 aromatic rings. The molecule has 1 atom stereocenters. The third-order valence-corrected chi connectivity index (χ3v) is 4.61. The molecule has 0 radical (unpaired) electrons. The zero-order chi connectivity index (χ0) is 13.9. The predicted molar refractivity (Wildman–Crippen MR) is 73.3 cm³/mol. The van der Waals surface area contributed by atoms with E-state index in [1.165, 1.54) is 0 Å². The zero-order valence-electron chi connectivity index (χ0n) is 12.1. The number of piperidine rings is 1. The minimum atomic E-state index is -0.654. The smallest absolute Gasteiger partial charge is 0.309 e. The summed E-state index contributed by atoms with van der Waals surface area (Å²) in [5, 5.41) is 9.22. The molecule has 2 aliphatic heterocycles. The number of ether oxygens (including phenoxy) is 1. The third-order valence-electron chi connectivity index (χ3n) is 4.61. The molecule has 5 nitrogen and oxygen atoms in total. The fourth-order valence-corrected chi connectivity index (χ4v) is 2.91. The average molecular weight is 270 g/mol. The summed E-state index contributed by atoms with van der Waals surface area (Å²) in [7, 11) is 0. The summed E-state index contributed by atoms with van der Waals surface area (Å²) in [5.41, 5.74) is -0.528. The van der Waals surface area contributed by atoms with Gasteiger partial charge >= 0.3 is 5.97 Å². The molecule has 2 saturated heterocycles. The topological polar surface area (TPSA) is 53.0 Å². The number of likely N-dealkylation sites (N-methyl/N-ethyl adjacent to an activating group) is 1. The summed E-state index contributed by atoms with van der Waals surface area (Å²) in [6.45, 7) is 10.7. The Labute approximate surface area is 115 Å². The van der Waals surface area contributed by atoms with Crippen molar-refractivity contribution in [2.75, 3.05) is 45.9 Å². The van der Waals surface area contributed by atoms with Crippen molar-refractivity contribution in [1.82, 2.24) is 9.80 Å². The van der Waals surface area contributed by atoms with Gasteiger partial charge in [-0.1, -0.05) is 6.92 Å². The van der Waals surface area contributed by atoms with Gasteiger partial charge in [-0.25, -0.2) is 0 Å². The standard InChI is InChI=1S/C14H26N2O3/c1-3-15-8-9-19-12(10-15)11-16-6-4-14(2,5-7-16)13(17)18/h12H,3-11H2,1-2H3,(H,17,18). The summed E-state index contributed by atoms with van der Waals surface area (Å²) in [5.74, 6) is -0.654. The number of hydrogen-bond donors (Lipinski definition) is 1. The van der Waals surface area contributed by atoms with Gasteiger partial charge < -0.3 is 14.7 Å². The predicted octanol–water partition coefficient (Wildman–Crippen LogP) is 0.894. The van der Waals surface area contributed by atoms with Crippen LogP contribution in [0.4, 0.5) is 0 Å². The van der Waals surface area contributed by atoms with Crippen molar-refractivity contribution >= 4 is 5.97 Å². The molecule has 5 heteroatoms. The van der Waals surface area contributed by atoms with E-state index in [0.29, 0.717) is 0 Å². The highest BCUT2D eigenvalue weighted by molar-refractivity contribution is 5.74. The number of carboxylic acid groups (broad SMARTS) is 1. The van der Waals surface area contributed by atoms with E-state index in [1.807, 2.05) is 6.92 Å². The minimum Gasteiger partial charge on any atom is -0.481 e. The molecule has 1 N–H and O–H groups in total. The first kappa shape index (κ1) is 14.8. The molecule has 2 heterocycles. The number of carbonyl (C=O) groups is 1. The molecule has 0 spiro atoms. The first-order valence-electron chi connectivity index (χ1n) is 7.33. The number of hydrogen-bond acceptors (Lipinski definition) is 4. The largest absolute Gasteiger partial charge is 0.481 e. The molecule has 19 heavy (non-hydrogen) atoms. The van der Waals surface area contributed by atoms with Gasteiger partial charge in [0.1, 0.15) is 0 Å². The van der Waals surface area contributed by atoms with E-state index in [9.17, 15) is 9.90 Å². The molecule has 0 amide bonds. The summed E-state index contributed by atoms with van der Waals surface area (Å²) < 4.78 is 5.81. The second-order valence-electron chi connectivity index (χ2n) is 6.05. The summed E-state index contributed by atoms with van der Waals surface area (Å²) in [6.07, 6.45) is 1.77. The van der Waals surface area contributed by atoms with Crippen LogP contribution >= 0.6 is 0 Å². The zero-order valence-corrected chi connectivity index (χ0v) is 12.1. The Morgan fingerprint density at radius 2 is 2.00 bits per heavy atom. The van der Waals surface area contributed by atoms with E-state index in [2.05, 4.69) is 16.7 Å². The molecule has 0 aromatic heterocycles. The Hall–Kier alpha value is -0.650. The van der Waals surface area contributed by atoms with Crippen LogP contribution in [0.2, 0.25) is 0 Å². The molecule has 2 fully saturated rings. The number of carboxylic acids is 1. The Balaban J connectivity index is 1.78. The van der Waals surface area contributed by atoms with Gasteiger partial charge in [-0.3, -0.25) is 9.69 Å². The second kappa shape index (κ2) is 6.20. The van der Waals surface area contributed by atoms with Crippen LogP contribution in [0.5, 0.6) is 0 Å². The van der Waals surface area contributed by atoms with Crippen LogP contribution in [-0.4, -0.2) is 72.9 Å². The lowest BCUT2D eigenvalue weighted by Crippen LogP contribution is -2.50. The lowest BCUT2D eigenvalue weighted by Gasteiger charge is -2.40. The number of aliphatic carboxylic acids is 1. The number of morpholine rings is 1. The van der Waals surface area contributed by atoms with Crippen LogP contribution in [0.1, 0.15) is 26.7 Å². The maximum absolute atomic E-state index is 11.2. The summed E-state index contributed by atoms with van der Waals surface area (Å²) in [6, 6.07) is 0. The van der Waals surface area contributed by atoms with Crippen LogP contribution < -0.4 is 0 Å². The third kappa shape index (κ3) is 3.68. The fraction of sp³-hybridized carbons (Fsp3) is 0.929. The average Bonchev–Trinajstić information content (AvgIpc) is 2.42. The van der Waals surface area contributed by atoms with Crippen molar-refractivity contribution in [2.24, 2.45) is 5.41 Å². The highest BCUT2D eigenvalue weighted by Crippen LogP contribution is 2.31. The first-order chi connectivity index (χ1) is 9.03. The van der Waals surface area contributed by atoms with Gasteiger partial charge in [0.05, 0.1) is 18.1 Å². The summed E-state index contributed by atoms with van der Waals surface area (Å²) in [4.78, 5) is 16.0. The van der Waals surface area contributed by atoms with Crippen molar-refractivity contribution in [3.8, 4) is 0 Å². The van der Waals surface area contributed by atoms with Crippen molar-refractivity contribution < 1.29 is 14.6 Å². The molecular weight excluding hydrogens is 244 g/mol. The normalized spacial score (nSPS) is 29.3. The highest BCUT2D eigenvalue weighted by Gasteiger charge is 2.37. The van der Waals surface area contributed by atoms with Crippen LogP contribution in [0.3, 0.4) is 0 Å². The maximum Gasteiger partial charge on any atom is 0.309 e. The number of rotatable bonds is 4. The monoisotopic (exact) mass is 270 g/mol. The van der Waals surface area contributed by atoms with E-state index in [-0.39, 0.29) is 6.10 Å². The van der Waals surface area contributed by atoms with Crippen LogP contribution in [0, 0.1) is 5.41 Å². The van der Waals surface area contributed by atoms with Gasteiger partial charge in [-0.2, -0.15) is 0 Å². The molecule has 1 unspecified atom stereocenters. The molecule has 0 aromatic carbocycles. The SMILES string of the molecule is CCN1CCOC(CN2CCC(C)(C(=O)O)CC2)C1. The lowest BCUT2D eigenvalue weighted by molar-refractivity contribution is -0.151. The van der Waals surface area contributed by atoms with Crippen LogP contribution in [0.15, 0.2) is 0 Å². The Kier molecular flexibility index (Phi) is 4.81. The molecule has 2 aliphatic rings. The Morgan fingerprint density at radius 3 is 2.58 bits per heavy atom. The fourth-order valence-electron chi connectivity index (χ4n) is 2.91. The van der Waals surface area contributed by atoms with Gasteiger partial charge in [0.2, 0.25) is 0 Å². The van der Waals surface area contributed by atoms with Gasteiger partial charge in [0.25, 0.3) is 0 Å². The van der Waals surface area contributed by atoms with E-state index in [0.717, 1.165) is 58.7 Å².